The summed E-state index contributed by atoms with van der Waals surface area (Å²) in [5, 5.41) is 12.0. The molecule has 158 valence electrons. The maximum atomic E-state index is 11.3. The standard InChI is InChI=1S/C27H38OS/c1-19-12-11-13-20(2)25(19)24-17-22(27(3,4)5)16-21(26(24)28)18-29-23-14-9-7-6-8-10-15-23/h11-13,16-17,23,28H,6-10,14-15,18H2,1-5H3. The van der Waals surface area contributed by atoms with Crippen molar-refractivity contribution in [2.45, 2.75) is 96.0 Å². The van der Waals surface area contributed by atoms with Gasteiger partial charge in [-0.05, 0) is 60.4 Å². The smallest absolute Gasteiger partial charge is 0.127 e. The van der Waals surface area contributed by atoms with E-state index in [1.807, 2.05) is 0 Å². The Labute approximate surface area is 182 Å². The first-order valence-corrected chi connectivity index (χ1v) is 12.4. The lowest BCUT2D eigenvalue weighted by Crippen LogP contribution is -2.12. The van der Waals surface area contributed by atoms with E-state index in [1.165, 1.54) is 67.2 Å². The predicted octanol–water partition coefficient (Wildman–Crippen LogP) is 8.32. The molecular weight excluding hydrogens is 372 g/mol. The lowest BCUT2D eigenvalue weighted by molar-refractivity contribution is 0.471. The average Bonchev–Trinajstić information content (AvgIpc) is 2.62. The van der Waals surface area contributed by atoms with Gasteiger partial charge in [0.25, 0.3) is 0 Å². The maximum Gasteiger partial charge on any atom is 0.127 e. The fourth-order valence-electron chi connectivity index (χ4n) is 4.46. The second-order valence-electron chi connectivity index (χ2n) is 9.83. The van der Waals surface area contributed by atoms with E-state index < -0.39 is 0 Å². The minimum absolute atomic E-state index is 0.0543. The molecule has 0 unspecified atom stereocenters. The van der Waals surface area contributed by atoms with Crippen molar-refractivity contribution in [2.24, 2.45) is 0 Å². The van der Waals surface area contributed by atoms with E-state index in [2.05, 4.69) is 76.7 Å². The molecule has 1 nitrogen and oxygen atoms in total. The summed E-state index contributed by atoms with van der Waals surface area (Å²) in [5.41, 5.74) is 7.10. The average molecular weight is 411 g/mol. The quantitative estimate of drug-likeness (QED) is 0.547. The van der Waals surface area contributed by atoms with Gasteiger partial charge in [0.15, 0.2) is 0 Å². The Hall–Kier alpha value is -1.41. The number of benzene rings is 2. The first-order chi connectivity index (χ1) is 13.8. The van der Waals surface area contributed by atoms with Gasteiger partial charge in [-0.15, -0.1) is 0 Å². The number of phenolic OH excluding ortho intramolecular Hbond substituents is 1. The van der Waals surface area contributed by atoms with Gasteiger partial charge >= 0.3 is 0 Å². The van der Waals surface area contributed by atoms with Crippen LogP contribution in [0.5, 0.6) is 5.75 Å². The van der Waals surface area contributed by atoms with E-state index in [0.717, 1.165) is 22.1 Å². The largest absolute Gasteiger partial charge is 0.507 e. The van der Waals surface area contributed by atoms with E-state index in [-0.39, 0.29) is 5.41 Å². The molecule has 3 rings (SSSR count). The first-order valence-electron chi connectivity index (χ1n) is 11.3. The zero-order chi connectivity index (χ0) is 21.0. The van der Waals surface area contributed by atoms with Crippen LogP contribution in [0.1, 0.15) is 88.0 Å². The van der Waals surface area contributed by atoms with E-state index in [9.17, 15) is 5.11 Å². The van der Waals surface area contributed by atoms with Crippen molar-refractivity contribution in [2.75, 3.05) is 0 Å². The Balaban J connectivity index is 1.96. The van der Waals surface area contributed by atoms with Gasteiger partial charge in [0, 0.05) is 22.1 Å². The van der Waals surface area contributed by atoms with Crippen molar-refractivity contribution >= 4 is 11.8 Å². The molecule has 1 N–H and O–H groups in total. The number of rotatable bonds is 4. The van der Waals surface area contributed by atoms with E-state index in [4.69, 9.17) is 0 Å². The van der Waals surface area contributed by atoms with Crippen molar-refractivity contribution in [3.8, 4) is 16.9 Å². The third-order valence-electron chi connectivity index (χ3n) is 6.33. The Bertz CT molecular complexity index is 803. The molecule has 0 atom stereocenters. The van der Waals surface area contributed by atoms with Crippen molar-refractivity contribution in [1.29, 1.82) is 0 Å². The summed E-state index contributed by atoms with van der Waals surface area (Å²) in [7, 11) is 0. The molecule has 1 saturated carbocycles. The van der Waals surface area contributed by atoms with Crippen LogP contribution in [0.15, 0.2) is 30.3 Å². The minimum atomic E-state index is 0.0543. The maximum absolute atomic E-state index is 11.3. The molecule has 0 saturated heterocycles. The zero-order valence-corrected chi connectivity index (χ0v) is 19.8. The van der Waals surface area contributed by atoms with E-state index in [0.29, 0.717) is 5.75 Å². The SMILES string of the molecule is Cc1cccc(C)c1-c1cc(C(C)(C)C)cc(CSC2CCCCCCC2)c1O. The Kier molecular flexibility index (Phi) is 7.37. The Morgan fingerprint density at radius 3 is 2.10 bits per heavy atom. The number of hydrogen-bond acceptors (Lipinski definition) is 2. The molecule has 1 aliphatic carbocycles. The van der Waals surface area contributed by atoms with E-state index >= 15 is 0 Å². The van der Waals surface area contributed by atoms with Crippen molar-refractivity contribution in [3.63, 3.8) is 0 Å². The van der Waals surface area contributed by atoms with Gasteiger partial charge in [-0.1, -0.05) is 77.1 Å². The molecule has 0 heterocycles. The summed E-state index contributed by atoms with van der Waals surface area (Å²) in [5.74, 6) is 1.38. The van der Waals surface area contributed by atoms with Crippen LogP contribution in [0.3, 0.4) is 0 Å². The third kappa shape index (κ3) is 5.60. The van der Waals surface area contributed by atoms with Gasteiger partial charge < -0.3 is 5.11 Å². The van der Waals surface area contributed by atoms with Crippen molar-refractivity contribution in [3.05, 3.63) is 52.6 Å². The highest BCUT2D eigenvalue weighted by molar-refractivity contribution is 7.99. The van der Waals surface area contributed by atoms with Crippen LogP contribution in [0.25, 0.3) is 11.1 Å². The van der Waals surface area contributed by atoms with Crippen LogP contribution in [0.4, 0.5) is 0 Å². The first kappa shape index (κ1) is 22.3. The number of thioether (sulfide) groups is 1. The van der Waals surface area contributed by atoms with Gasteiger partial charge in [-0.2, -0.15) is 11.8 Å². The summed E-state index contributed by atoms with van der Waals surface area (Å²) in [6.07, 6.45) is 9.56. The normalized spacial score (nSPS) is 16.4. The number of hydrogen-bond donors (Lipinski definition) is 1. The molecule has 2 aromatic rings. The number of aryl methyl sites for hydroxylation is 2. The number of aromatic hydroxyl groups is 1. The molecule has 0 radical (unpaired) electrons. The van der Waals surface area contributed by atoms with Crippen molar-refractivity contribution in [1.82, 2.24) is 0 Å². The number of phenols is 1. The third-order valence-corrected chi connectivity index (χ3v) is 7.75. The van der Waals surface area contributed by atoms with Gasteiger partial charge in [0.2, 0.25) is 0 Å². The summed E-state index contributed by atoms with van der Waals surface area (Å²) in [4.78, 5) is 0. The van der Waals surface area contributed by atoms with Crippen LogP contribution in [-0.4, -0.2) is 10.4 Å². The van der Waals surface area contributed by atoms with Gasteiger partial charge in [-0.25, -0.2) is 0 Å². The molecule has 29 heavy (non-hydrogen) atoms. The van der Waals surface area contributed by atoms with Crippen LogP contribution in [0, 0.1) is 13.8 Å². The van der Waals surface area contributed by atoms with Gasteiger partial charge in [-0.3, -0.25) is 0 Å². The molecule has 0 amide bonds. The summed E-state index contributed by atoms with van der Waals surface area (Å²) >= 11 is 2.06. The van der Waals surface area contributed by atoms with Crippen LogP contribution < -0.4 is 0 Å². The molecule has 2 heteroatoms. The summed E-state index contributed by atoms with van der Waals surface area (Å²) in [6, 6.07) is 10.9. The second kappa shape index (κ2) is 9.60. The van der Waals surface area contributed by atoms with Gasteiger partial charge in [0.05, 0.1) is 0 Å². The van der Waals surface area contributed by atoms with Crippen LogP contribution >= 0.6 is 11.8 Å². The molecule has 0 aliphatic heterocycles. The molecular formula is C27H38OS. The van der Waals surface area contributed by atoms with Crippen molar-refractivity contribution < 1.29 is 5.11 Å². The zero-order valence-electron chi connectivity index (χ0n) is 19.0. The topological polar surface area (TPSA) is 20.2 Å². The fourth-order valence-corrected chi connectivity index (χ4v) is 5.76. The molecule has 0 bridgehead atoms. The highest BCUT2D eigenvalue weighted by Gasteiger charge is 2.22. The summed E-state index contributed by atoms with van der Waals surface area (Å²) < 4.78 is 0. The van der Waals surface area contributed by atoms with Gasteiger partial charge in [0.1, 0.15) is 5.75 Å². The monoisotopic (exact) mass is 410 g/mol. The van der Waals surface area contributed by atoms with Crippen LogP contribution in [-0.2, 0) is 11.2 Å². The molecule has 0 spiro atoms. The van der Waals surface area contributed by atoms with Crippen LogP contribution in [0.2, 0.25) is 0 Å². The minimum Gasteiger partial charge on any atom is -0.507 e. The highest BCUT2D eigenvalue weighted by Crippen LogP contribution is 2.42. The fraction of sp³-hybridized carbons (Fsp3) is 0.556. The molecule has 1 aliphatic rings. The molecule has 2 aromatic carbocycles. The molecule has 0 aromatic heterocycles. The highest BCUT2D eigenvalue weighted by atomic mass is 32.2. The Morgan fingerprint density at radius 2 is 1.52 bits per heavy atom. The second-order valence-corrected chi connectivity index (χ2v) is 11.1. The Morgan fingerprint density at radius 1 is 0.931 bits per heavy atom. The lowest BCUT2D eigenvalue weighted by atomic mass is 9.83. The predicted molar refractivity (Wildman–Crippen MR) is 129 cm³/mol. The lowest BCUT2D eigenvalue weighted by Gasteiger charge is -2.25. The summed E-state index contributed by atoms with van der Waals surface area (Å²) in [6.45, 7) is 11.1. The molecule has 1 fully saturated rings. The van der Waals surface area contributed by atoms with E-state index in [1.54, 1.807) is 0 Å².